The molecule has 2 aliphatic rings. The van der Waals surface area contributed by atoms with Crippen molar-refractivity contribution in [1.29, 1.82) is 0 Å². The number of carbonyl (C=O) groups excluding carboxylic acids is 2. The number of likely N-dealkylation sites (tertiary alicyclic amines) is 1. The molecule has 2 saturated heterocycles. The molecule has 7 nitrogen and oxygen atoms in total. The lowest BCUT2D eigenvalue weighted by atomic mass is 10.0. The fraction of sp³-hybridized carbons (Fsp3) is 0.600. The van der Waals surface area contributed by atoms with Crippen molar-refractivity contribution < 1.29 is 41.4 Å². The summed E-state index contributed by atoms with van der Waals surface area (Å²) in [5.41, 5.74) is 0. The lowest BCUT2D eigenvalue weighted by Crippen LogP contribution is -2.51. The van der Waals surface area contributed by atoms with E-state index in [9.17, 15) is 27.2 Å². The first kappa shape index (κ1) is 24.5. The number of amides is 2. The summed E-state index contributed by atoms with van der Waals surface area (Å²) in [6.45, 7) is 0.130. The number of halogens is 5. The average Bonchev–Trinajstić information content (AvgIpc) is 2.74. The summed E-state index contributed by atoms with van der Waals surface area (Å²) >= 11 is 5.59. The van der Waals surface area contributed by atoms with E-state index in [0.29, 0.717) is 12.8 Å². The SMILES string of the molecule is O=C(COc1ccc(Cl)c(F)c1)N[C@H]1CC[C@H](C(=O)N2CCC(OC(F)(F)F)CC2)OC1. The molecule has 0 aliphatic carbocycles. The number of hydrogen-bond acceptors (Lipinski definition) is 5. The van der Waals surface area contributed by atoms with Crippen LogP contribution in [-0.4, -0.2) is 67.6 Å². The van der Waals surface area contributed by atoms with Crippen LogP contribution >= 0.6 is 11.6 Å². The van der Waals surface area contributed by atoms with Gasteiger partial charge in [0.25, 0.3) is 11.8 Å². The summed E-state index contributed by atoms with van der Waals surface area (Å²) in [6.07, 6.45) is -5.26. The van der Waals surface area contributed by atoms with Gasteiger partial charge in [0.2, 0.25) is 0 Å². The maximum Gasteiger partial charge on any atom is 0.522 e. The van der Waals surface area contributed by atoms with E-state index in [-0.39, 0.29) is 61.9 Å². The Hall–Kier alpha value is -2.11. The third-order valence-electron chi connectivity index (χ3n) is 5.23. The van der Waals surface area contributed by atoms with Crippen molar-refractivity contribution in [2.24, 2.45) is 0 Å². The molecule has 2 fully saturated rings. The maximum atomic E-state index is 13.4. The minimum Gasteiger partial charge on any atom is -0.484 e. The van der Waals surface area contributed by atoms with Crippen LogP contribution in [-0.2, 0) is 19.1 Å². The van der Waals surface area contributed by atoms with Gasteiger partial charge >= 0.3 is 6.36 Å². The van der Waals surface area contributed by atoms with E-state index in [1.54, 1.807) is 0 Å². The van der Waals surface area contributed by atoms with Gasteiger partial charge in [-0.05, 0) is 37.8 Å². The van der Waals surface area contributed by atoms with E-state index in [2.05, 4.69) is 10.1 Å². The second-order valence-electron chi connectivity index (χ2n) is 7.62. The number of carbonyl (C=O) groups is 2. The van der Waals surface area contributed by atoms with Crippen molar-refractivity contribution in [1.82, 2.24) is 10.2 Å². The number of ether oxygens (including phenoxy) is 3. The molecule has 1 N–H and O–H groups in total. The van der Waals surface area contributed by atoms with Crippen LogP contribution in [0.3, 0.4) is 0 Å². The number of piperidine rings is 1. The molecule has 2 aliphatic heterocycles. The predicted octanol–water partition coefficient (Wildman–Crippen LogP) is 3.05. The molecule has 2 heterocycles. The van der Waals surface area contributed by atoms with Crippen molar-refractivity contribution in [2.75, 3.05) is 26.3 Å². The zero-order chi connectivity index (χ0) is 23.3. The van der Waals surface area contributed by atoms with Gasteiger partial charge in [-0.1, -0.05) is 11.6 Å². The standard InChI is InChI=1S/C20H23ClF4N2O5/c21-15-3-2-14(9-16(15)22)30-11-18(28)26-12-1-4-17(31-10-12)19(29)27-7-5-13(6-8-27)32-20(23,24)25/h2-3,9,12-13,17H,1,4-8,10-11H2,(H,26,28)/t12-,17+/m0/s1. The van der Waals surface area contributed by atoms with E-state index >= 15 is 0 Å². The van der Waals surface area contributed by atoms with E-state index in [1.807, 2.05) is 0 Å². The first-order valence-electron chi connectivity index (χ1n) is 10.1. The highest BCUT2D eigenvalue weighted by Crippen LogP contribution is 2.26. The Morgan fingerprint density at radius 1 is 1.19 bits per heavy atom. The molecule has 1 aromatic carbocycles. The molecule has 2 atom stereocenters. The summed E-state index contributed by atoms with van der Waals surface area (Å²) < 4.78 is 65.1. The van der Waals surface area contributed by atoms with Crippen molar-refractivity contribution in [3.8, 4) is 5.75 Å². The molecule has 0 aromatic heterocycles. The van der Waals surface area contributed by atoms with Gasteiger partial charge in [0.15, 0.2) is 6.61 Å². The monoisotopic (exact) mass is 482 g/mol. The zero-order valence-corrected chi connectivity index (χ0v) is 17.8. The van der Waals surface area contributed by atoms with Gasteiger partial charge in [0.05, 0.1) is 23.8 Å². The van der Waals surface area contributed by atoms with Crippen LogP contribution in [0, 0.1) is 5.82 Å². The Bertz CT molecular complexity index is 810. The third-order valence-corrected chi connectivity index (χ3v) is 5.54. The Morgan fingerprint density at radius 2 is 1.91 bits per heavy atom. The fourth-order valence-electron chi connectivity index (χ4n) is 3.63. The minimum atomic E-state index is -4.68. The Morgan fingerprint density at radius 3 is 2.50 bits per heavy atom. The molecule has 0 bridgehead atoms. The highest BCUT2D eigenvalue weighted by atomic mass is 35.5. The number of benzene rings is 1. The van der Waals surface area contributed by atoms with Gasteiger partial charge in [0.1, 0.15) is 17.7 Å². The van der Waals surface area contributed by atoms with Gasteiger partial charge in [-0.25, -0.2) is 4.39 Å². The van der Waals surface area contributed by atoms with Crippen LogP contribution in [0.5, 0.6) is 5.75 Å². The van der Waals surface area contributed by atoms with Crippen LogP contribution < -0.4 is 10.1 Å². The molecule has 0 spiro atoms. The largest absolute Gasteiger partial charge is 0.522 e. The van der Waals surface area contributed by atoms with Crippen molar-refractivity contribution >= 4 is 23.4 Å². The molecule has 178 valence electrons. The number of alkyl halides is 3. The summed E-state index contributed by atoms with van der Waals surface area (Å²) in [5, 5.41) is 2.67. The number of hydrogen-bond donors (Lipinski definition) is 1. The van der Waals surface area contributed by atoms with Gasteiger partial charge in [-0.15, -0.1) is 13.2 Å². The van der Waals surface area contributed by atoms with Crippen molar-refractivity contribution in [3.63, 3.8) is 0 Å². The molecule has 0 unspecified atom stereocenters. The first-order valence-corrected chi connectivity index (χ1v) is 10.5. The van der Waals surface area contributed by atoms with Gasteiger partial charge in [-0.2, -0.15) is 0 Å². The lowest BCUT2D eigenvalue weighted by molar-refractivity contribution is -0.345. The fourth-order valence-corrected chi connectivity index (χ4v) is 3.75. The number of rotatable bonds is 6. The van der Waals surface area contributed by atoms with Crippen LogP contribution in [0.15, 0.2) is 18.2 Å². The quantitative estimate of drug-likeness (QED) is 0.631. The molecular weight excluding hydrogens is 460 g/mol. The van der Waals surface area contributed by atoms with E-state index in [4.69, 9.17) is 21.1 Å². The van der Waals surface area contributed by atoms with E-state index in [0.717, 1.165) is 6.07 Å². The van der Waals surface area contributed by atoms with Gasteiger partial charge < -0.3 is 19.7 Å². The summed E-state index contributed by atoms with van der Waals surface area (Å²) in [6, 6.07) is 3.52. The van der Waals surface area contributed by atoms with E-state index in [1.165, 1.54) is 17.0 Å². The average molecular weight is 483 g/mol. The predicted molar refractivity (Wildman–Crippen MR) is 105 cm³/mol. The first-order chi connectivity index (χ1) is 15.1. The zero-order valence-electron chi connectivity index (χ0n) is 17.0. The number of nitrogens with one attached hydrogen (secondary N) is 1. The molecular formula is C20H23ClF4N2O5. The summed E-state index contributed by atoms with van der Waals surface area (Å²) in [5.74, 6) is -1.19. The van der Waals surface area contributed by atoms with E-state index < -0.39 is 30.3 Å². The minimum absolute atomic E-state index is 0.0516. The van der Waals surface area contributed by atoms with Gasteiger partial charge in [0, 0.05) is 19.2 Å². The third kappa shape index (κ3) is 7.21. The highest BCUT2D eigenvalue weighted by Gasteiger charge is 2.37. The Balaban J connectivity index is 1.36. The molecule has 0 saturated carbocycles. The van der Waals surface area contributed by atoms with Crippen LogP contribution in [0.1, 0.15) is 25.7 Å². The maximum absolute atomic E-state index is 13.4. The highest BCUT2D eigenvalue weighted by molar-refractivity contribution is 6.30. The topological polar surface area (TPSA) is 77.1 Å². The van der Waals surface area contributed by atoms with Crippen LogP contribution in [0.2, 0.25) is 5.02 Å². The second-order valence-corrected chi connectivity index (χ2v) is 8.02. The van der Waals surface area contributed by atoms with Crippen molar-refractivity contribution in [2.45, 2.75) is 50.3 Å². The second kappa shape index (κ2) is 10.7. The van der Waals surface area contributed by atoms with Crippen LogP contribution in [0.4, 0.5) is 17.6 Å². The Labute approximate surface area is 186 Å². The summed E-state index contributed by atoms with van der Waals surface area (Å²) in [4.78, 5) is 26.1. The van der Waals surface area contributed by atoms with Crippen LogP contribution in [0.25, 0.3) is 0 Å². The molecule has 3 rings (SSSR count). The van der Waals surface area contributed by atoms with Gasteiger partial charge in [-0.3, -0.25) is 14.3 Å². The molecule has 2 amide bonds. The molecule has 0 radical (unpaired) electrons. The Kier molecular flexibility index (Phi) is 8.18. The van der Waals surface area contributed by atoms with Crippen molar-refractivity contribution in [3.05, 3.63) is 29.0 Å². The number of nitrogens with zero attached hydrogens (tertiary/aromatic N) is 1. The smallest absolute Gasteiger partial charge is 0.484 e. The molecule has 32 heavy (non-hydrogen) atoms. The lowest BCUT2D eigenvalue weighted by Gasteiger charge is -2.36. The normalized spacial score (nSPS) is 22.5. The summed E-state index contributed by atoms with van der Waals surface area (Å²) in [7, 11) is 0. The molecule has 1 aromatic rings. The molecule has 12 heteroatoms.